The molecule has 0 spiro atoms. The molecule has 39 heteroatoms. The number of imide groups is 1. The minimum Gasteiger partial charge on any atom is -0.497 e. The maximum absolute atomic E-state index is 15.1. The fourth-order valence-electron chi connectivity index (χ4n) is 12.1. The molecular formula is C70H94N16O22S. The quantitative estimate of drug-likeness (QED) is 0.0239. The number of likely N-dealkylation sites (N-methyl/N-ethyl adjacent to an activating group) is 2. The van der Waals surface area contributed by atoms with E-state index in [0.717, 1.165) is 31.4 Å². The number of thioether (sulfide) groups is 1. The number of carboxylic acid groups (broad SMARTS) is 1. The highest BCUT2D eigenvalue weighted by Crippen LogP contribution is 2.34. The number of carbonyl (C=O) groups is 17. The lowest BCUT2D eigenvalue weighted by molar-refractivity contribution is -0.146. The average Bonchev–Trinajstić information content (AvgIpc) is 1.65. The molecule has 592 valence electrons. The van der Waals surface area contributed by atoms with Gasteiger partial charge in [0.25, 0.3) is 11.8 Å². The van der Waals surface area contributed by atoms with E-state index >= 15 is 14.4 Å². The van der Waals surface area contributed by atoms with Crippen LogP contribution in [0, 0.1) is 11.8 Å². The van der Waals surface area contributed by atoms with Crippen LogP contribution in [0.2, 0.25) is 0 Å². The number of hydrogen-bond acceptors (Lipinski definition) is 22. The molecule has 109 heavy (non-hydrogen) atoms. The van der Waals surface area contributed by atoms with E-state index in [1.165, 1.54) is 40.3 Å². The molecule has 5 heterocycles. The van der Waals surface area contributed by atoms with Crippen molar-refractivity contribution in [1.29, 1.82) is 0 Å². The Balaban J connectivity index is 1.05. The molecule has 16 amide bonds. The lowest BCUT2D eigenvalue weighted by Gasteiger charge is -2.32. The Kier molecular flexibility index (Phi) is 31.7. The first-order valence-electron chi connectivity index (χ1n) is 35.4. The van der Waals surface area contributed by atoms with Crippen molar-refractivity contribution in [2.75, 3.05) is 92.5 Å². The fourth-order valence-corrected chi connectivity index (χ4v) is 13.2. The molecule has 0 saturated carbocycles. The largest absolute Gasteiger partial charge is 0.497 e. The maximum atomic E-state index is 15.1. The van der Waals surface area contributed by atoms with Gasteiger partial charge in [0.05, 0.1) is 76.1 Å². The van der Waals surface area contributed by atoms with Gasteiger partial charge in [-0.15, -0.1) is 11.8 Å². The molecule has 2 aromatic carbocycles. The van der Waals surface area contributed by atoms with Crippen molar-refractivity contribution in [2.45, 2.75) is 138 Å². The van der Waals surface area contributed by atoms with Crippen molar-refractivity contribution in [3.05, 3.63) is 71.8 Å². The molecule has 4 aliphatic heterocycles. The number of carboxylic acids is 1. The number of ether oxygens (including phenoxy) is 2. The standard InChI is InChI=1S/C70H94N16O22S/c1-7-37(2)60-66(103)74-31-54(92)77-48-36-109-68-43(42-18-17-40(107-6)25-44(42)80-68)27-46(63(100)73-32-55(93)81-60)78-67(104)61(38(3)50(88)35-87)82-65(102)49-26-41(34-86(49)69(105)47(28-59(97)98)79-64(48)101)108-70(106)84(5)23-22-83(4)58(96)33-75-62(99)45(24-39-14-10-8-11-15-39)76-53(91)30-72-52(90)29-71-51(89)16-12-9-13-21-85-56(94)19-20-57(85)95/h8,10-11,14-15,17-20,25,37-38,41,45-50,60-61,80,87-88H,7,9,12-13,16,21-24,26-36H2,1-6H3,(H,71,89)(H,72,90)(H,73,100)(H,74,103)(H,75,99)(H,76,91)(H,77,92)(H,78,104)(H,79,101)(H,81,93)(H,82,102)(H,97,98)/t37-,38-,41-,45+,46-,47-,48-,49?,50-,60+,61?/m0/s1. The number of aromatic amines is 1. The van der Waals surface area contributed by atoms with Crippen LogP contribution in [-0.2, 0) is 94.3 Å². The first kappa shape index (κ1) is 85.0. The highest BCUT2D eigenvalue weighted by atomic mass is 32.2. The highest BCUT2D eigenvalue weighted by Gasteiger charge is 2.47. The van der Waals surface area contributed by atoms with Gasteiger partial charge in [-0.2, -0.15) is 0 Å². The third-order valence-electron chi connectivity index (χ3n) is 18.8. The molecule has 1 aromatic heterocycles. The first-order valence-corrected chi connectivity index (χ1v) is 36.4. The van der Waals surface area contributed by atoms with Crippen molar-refractivity contribution in [1.82, 2.24) is 83.1 Å². The summed E-state index contributed by atoms with van der Waals surface area (Å²) in [4.78, 5) is 239. The number of hydrogen-bond donors (Lipinski definition) is 15. The van der Waals surface area contributed by atoms with Gasteiger partial charge in [0.1, 0.15) is 54.1 Å². The molecule has 2 bridgehead atoms. The molecule has 1 fully saturated rings. The monoisotopic (exact) mass is 1540 g/mol. The molecule has 3 aromatic rings. The molecule has 2 unspecified atom stereocenters. The number of methoxy groups -OCH3 is 1. The predicted molar refractivity (Wildman–Crippen MR) is 385 cm³/mol. The number of aliphatic hydroxyl groups excluding tert-OH is 2. The summed E-state index contributed by atoms with van der Waals surface area (Å²) >= 11 is 0.908. The lowest BCUT2D eigenvalue weighted by Crippen LogP contribution is -2.62. The van der Waals surface area contributed by atoms with Gasteiger partial charge in [-0.3, -0.25) is 81.6 Å². The van der Waals surface area contributed by atoms with Gasteiger partial charge in [0, 0.05) is 94.7 Å². The van der Waals surface area contributed by atoms with Crippen molar-refractivity contribution in [3.8, 4) is 5.75 Å². The van der Waals surface area contributed by atoms with E-state index in [1.807, 2.05) is 0 Å². The molecular weight excluding hydrogens is 1450 g/mol. The molecule has 0 aliphatic carbocycles. The van der Waals surface area contributed by atoms with Gasteiger partial charge in [0.2, 0.25) is 76.8 Å². The van der Waals surface area contributed by atoms with Crippen LogP contribution in [0.5, 0.6) is 5.75 Å². The van der Waals surface area contributed by atoms with Crippen molar-refractivity contribution in [2.24, 2.45) is 11.8 Å². The number of H-pyrrole nitrogens is 1. The van der Waals surface area contributed by atoms with E-state index in [4.69, 9.17) is 9.47 Å². The van der Waals surface area contributed by atoms with Crippen LogP contribution in [0.25, 0.3) is 10.9 Å². The van der Waals surface area contributed by atoms with Crippen LogP contribution >= 0.6 is 11.8 Å². The van der Waals surface area contributed by atoms with Crippen LogP contribution in [0.1, 0.15) is 76.8 Å². The fraction of sp³-hybridized carbons (Fsp3) is 0.529. The van der Waals surface area contributed by atoms with Gasteiger partial charge in [-0.1, -0.05) is 63.9 Å². The Bertz CT molecular complexity index is 3920. The Morgan fingerprint density at radius 2 is 1.39 bits per heavy atom. The van der Waals surface area contributed by atoms with E-state index in [-0.39, 0.29) is 37.5 Å². The van der Waals surface area contributed by atoms with Gasteiger partial charge < -0.3 is 103 Å². The van der Waals surface area contributed by atoms with Crippen molar-refractivity contribution in [3.63, 3.8) is 0 Å². The van der Waals surface area contributed by atoms with E-state index < -0.39 is 238 Å². The number of fused-ring (bicyclic) bond motifs is 5. The number of rotatable bonds is 28. The summed E-state index contributed by atoms with van der Waals surface area (Å²) in [5.74, 6) is -16.2. The molecule has 4 aliphatic rings. The van der Waals surface area contributed by atoms with E-state index in [0.29, 0.717) is 53.5 Å². The zero-order valence-electron chi connectivity index (χ0n) is 61.1. The second-order valence-corrected chi connectivity index (χ2v) is 27.7. The minimum absolute atomic E-state index is 0.0506. The summed E-state index contributed by atoms with van der Waals surface area (Å²) in [6.45, 7) is -0.445. The molecule has 1 saturated heterocycles. The summed E-state index contributed by atoms with van der Waals surface area (Å²) in [5.41, 5.74) is 1.35. The normalized spacial score (nSPS) is 21.4. The van der Waals surface area contributed by atoms with Crippen LogP contribution in [0.3, 0.4) is 0 Å². The van der Waals surface area contributed by atoms with Gasteiger partial charge in [-0.25, -0.2) is 4.79 Å². The maximum Gasteiger partial charge on any atom is 0.409 e. The second-order valence-electron chi connectivity index (χ2n) is 26.7. The Hall–Kier alpha value is -11.2. The van der Waals surface area contributed by atoms with Gasteiger partial charge in [0.15, 0.2) is 0 Å². The Morgan fingerprint density at radius 1 is 0.716 bits per heavy atom. The molecule has 38 nitrogen and oxygen atoms in total. The number of amides is 16. The smallest absolute Gasteiger partial charge is 0.409 e. The summed E-state index contributed by atoms with van der Waals surface area (Å²) in [6.07, 6.45) is -2.29. The van der Waals surface area contributed by atoms with E-state index in [1.54, 1.807) is 62.4 Å². The predicted octanol–water partition coefficient (Wildman–Crippen LogP) is -4.94. The highest BCUT2D eigenvalue weighted by molar-refractivity contribution is 7.99. The number of benzene rings is 2. The molecule has 0 radical (unpaired) electrons. The summed E-state index contributed by atoms with van der Waals surface area (Å²) in [7, 11) is 4.05. The second kappa shape index (κ2) is 40.7. The van der Waals surface area contributed by atoms with E-state index in [9.17, 15) is 82.4 Å². The SMILES string of the molecule is CC[C@H](C)[C@H]1NC(=O)CNC(=O)[C@@H]2Cc3c([nH]c4cc(OC)ccc34)SC[C@H](NC(=O)CNC1=O)C(=O)N[C@@H](CC(=O)O)C(=O)N1C[C@@H](OC(=O)N(C)CCN(C)C(=O)CNC(=O)[C@@H](Cc3ccccc3)NC(=O)CNC(=O)CNC(=O)CCCCCN3C(=O)C=CC3=O)CC1C(=O)NC([C@@H](C)[C@@H](O)CO)C(=O)N2. The number of nitrogens with zero attached hydrogens (tertiary/aromatic N) is 4. The van der Waals surface area contributed by atoms with Crippen LogP contribution in [-0.4, -0.2) is 288 Å². The Labute approximate surface area is 630 Å². The number of carbonyl (C=O) groups excluding carboxylic acids is 16. The number of aliphatic carboxylic acids is 1. The molecule has 7 rings (SSSR count). The summed E-state index contributed by atoms with van der Waals surface area (Å²) in [5, 5.41) is 59.8. The van der Waals surface area contributed by atoms with E-state index in [2.05, 4.69) is 63.5 Å². The van der Waals surface area contributed by atoms with Crippen molar-refractivity contribution >= 4 is 123 Å². The Morgan fingerprint density at radius 3 is 2.06 bits per heavy atom. The van der Waals surface area contributed by atoms with Gasteiger partial charge >= 0.3 is 12.1 Å². The zero-order chi connectivity index (χ0) is 79.8. The van der Waals surface area contributed by atoms with Gasteiger partial charge in [-0.05, 0) is 42.0 Å². The zero-order valence-corrected chi connectivity index (χ0v) is 61.9. The third-order valence-corrected chi connectivity index (χ3v) is 19.9. The van der Waals surface area contributed by atoms with Crippen LogP contribution < -0.4 is 63.2 Å². The number of unbranched alkanes of at least 4 members (excludes halogenated alkanes) is 2. The average molecular weight is 1540 g/mol. The van der Waals surface area contributed by atoms with Crippen LogP contribution in [0.15, 0.2) is 65.7 Å². The number of aliphatic hydroxyl groups is 2. The minimum atomic E-state index is -2.06. The molecule has 11 atom stereocenters. The van der Waals surface area contributed by atoms with Crippen LogP contribution in [0.4, 0.5) is 4.79 Å². The first-order chi connectivity index (χ1) is 51.9. The summed E-state index contributed by atoms with van der Waals surface area (Å²) < 4.78 is 11.3. The molecule has 15 N–H and O–H groups in total. The lowest BCUT2D eigenvalue weighted by atomic mass is 9.93. The number of nitrogens with one attached hydrogen (secondary N) is 12. The topological polar surface area (TPSA) is 530 Å². The number of aromatic nitrogens is 1. The summed E-state index contributed by atoms with van der Waals surface area (Å²) in [6, 6.07) is 1.70. The van der Waals surface area contributed by atoms with Crippen molar-refractivity contribution < 1.29 is 106 Å². The third kappa shape index (κ3) is 24.7.